The lowest BCUT2D eigenvalue weighted by Crippen LogP contribution is -2.45. The molecule has 0 heterocycles. The summed E-state index contributed by atoms with van der Waals surface area (Å²) in [5, 5.41) is 5.40. The lowest BCUT2D eigenvalue weighted by Gasteiger charge is -2.25. The topological polar surface area (TPSA) is 42.7 Å². The van der Waals surface area contributed by atoms with E-state index in [2.05, 4.69) is 28.2 Å². The molecule has 1 aliphatic carbocycles. The first-order chi connectivity index (χ1) is 7.92. The maximum Gasteiger partial charge on any atom is 0.408 e. The molecule has 17 heavy (non-hydrogen) atoms. The molecule has 1 aliphatic rings. The van der Waals surface area contributed by atoms with Crippen molar-refractivity contribution < 1.29 is 9.53 Å². The Labute approximate surface area is 108 Å². The maximum atomic E-state index is 11.7. The summed E-state index contributed by atoms with van der Waals surface area (Å²) in [5.41, 5.74) is -0.465. The third kappa shape index (κ3) is 5.31. The number of ether oxygens (including phenoxy) is 1. The van der Waals surface area contributed by atoms with Crippen molar-refractivity contribution >= 4 is 18.7 Å². The zero-order chi connectivity index (χ0) is 12.9. The quantitative estimate of drug-likeness (QED) is 0.560. The average Bonchev–Trinajstić information content (AvgIpc) is 2.18. The van der Waals surface area contributed by atoms with Crippen molar-refractivity contribution in [2.45, 2.75) is 64.1 Å². The molecule has 5 heteroatoms. The van der Waals surface area contributed by atoms with Gasteiger partial charge in [0.05, 0.1) is 0 Å². The van der Waals surface area contributed by atoms with Gasteiger partial charge in [0.2, 0.25) is 0 Å². The molecule has 1 saturated carbocycles. The van der Waals surface area contributed by atoms with E-state index in [1.807, 2.05) is 20.8 Å². The molecule has 0 radical (unpaired) electrons. The van der Waals surface area contributed by atoms with Gasteiger partial charge in [0.25, 0.3) is 6.04 Å². The van der Waals surface area contributed by atoms with E-state index >= 15 is 0 Å². The Morgan fingerprint density at radius 2 is 2.06 bits per heavy atom. The summed E-state index contributed by atoms with van der Waals surface area (Å²) in [6.07, 6.45) is 3.77. The van der Waals surface area contributed by atoms with Crippen LogP contribution in [0.25, 0.3) is 4.85 Å². The van der Waals surface area contributed by atoms with Crippen molar-refractivity contribution in [2.24, 2.45) is 0 Å². The Morgan fingerprint density at radius 3 is 2.65 bits per heavy atom. The van der Waals surface area contributed by atoms with Crippen molar-refractivity contribution in [3.8, 4) is 5.40 Å². The van der Waals surface area contributed by atoms with Crippen molar-refractivity contribution in [3.63, 3.8) is 0 Å². The van der Waals surface area contributed by atoms with E-state index in [1.165, 1.54) is 0 Å². The van der Waals surface area contributed by atoms with Crippen LogP contribution in [0.2, 0.25) is 0 Å². The first-order valence-electron chi connectivity index (χ1n) is 6.01. The molecule has 0 spiro atoms. The van der Waals surface area contributed by atoms with E-state index in [9.17, 15) is 4.79 Å². The summed E-state index contributed by atoms with van der Waals surface area (Å²) >= 11 is 3.87. The van der Waals surface area contributed by atoms with Gasteiger partial charge in [-0.05, 0) is 46.2 Å². The normalized spacial score (nSPS) is 24.5. The summed E-state index contributed by atoms with van der Waals surface area (Å²) in [7, 11) is 0. The molecule has 0 aromatic rings. The summed E-state index contributed by atoms with van der Waals surface area (Å²) in [5.74, 6) is 0. The van der Waals surface area contributed by atoms with Gasteiger partial charge in [0.1, 0.15) is 11.6 Å². The Bertz CT molecular complexity index is 328. The van der Waals surface area contributed by atoms with Gasteiger partial charge in [0, 0.05) is 6.42 Å². The smallest absolute Gasteiger partial charge is 0.408 e. The number of nitrogens with zero attached hydrogens (tertiary/aromatic N) is 1. The molecule has 1 fully saturated rings. The Morgan fingerprint density at radius 1 is 1.41 bits per heavy atom. The van der Waals surface area contributed by atoms with Gasteiger partial charge in [-0.25, -0.2) is 4.79 Å². The summed E-state index contributed by atoms with van der Waals surface area (Å²) in [6, 6.07) is 0.118. The van der Waals surface area contributed by atoms with E-state index in [0.29, 0.717) is 0 Å². The number of hydrogen-bond donors (Lipinski definition) is 2. The van der Waals surface area contributed by atoms with E-state index in [0.717, 1.165) is 25.7 Å². The highest BCUT2D eigenvalue weighted by Gasteiger charge is 2.34. The second-order valence-electron chi connectivity index (χ2n) is 5.33. The predicted octanol–water partition coefficient (Wildman–Crippen LogP) is 3.04. The first kappa shape index (κ1) is 14.2. The monoisotopic (exact) mass is 257 g/mol. The molecule has 96 valence electrons. The van der Waals surface area contributed by atoms with E-state index in [4.69, 9.17) is 4.74 Å². The molecule has 0 aromatic heterocycles. The van der Waals surface area contributed by atoms with E-state index in [1.54, 1.807) is 0 Å². The summed E-state index contributed by atoms with van der Waals surface area (Å²) < 4.78 is 5.24. The first-order valence-corrected chi connectivity index (χ1v) is 6.45. The number of amides is 1. The number of thiocyanates is 1. The molecule has 4 nitrogen and oxygen atoms in total. The van der Waals surface area contributed by atoms with Crippen LogP contribution < -0.4 is 5.32 Å². The van der Waals surface area contributed by atoms with Crippen LogP contribution in [-0.4, -0.2) is 23.8 Å². The molecule has 1 N–H and O–H groups in total. The molecule has 0 aromatic carbocycles. The van der Waals surface area contributed by atoms with Gasteiger partial charge >= 0.3 is 11.5 Å². The van der Waals surface area contributed by atoms with Crippen LogP contribution in [0.1, 0.15) is 46.5 Å². The van der Waals surface area contributed by atoms with Crippen molar-refractivity contribution in [1.29, 1.82) is 0 Å². The number of hydrogen-bond acceptors (Lipinski definition) is 3. The molecular formula is C12H21N2O2S+. The minimum absolute atomic E-state index is 0.0400. The summed E-state index contributed by atoms with van der Waals surface area (Å²) in [6.45, 7) is 5.56. The molecule has 1 rings (SSSR count). The van der Waals surface area contributed by atoms with Gasteiger partial charge in [-0.1, -0.05) is 11.3 Å². The van der Waals surface area contributed by atoms with Gasteiger partial charge in [-0.15, -0.1) is 0 Å². The van der Waals surface area contributed by atoms with Gasteiger partial charge in [-0.3, -0.25) is 0 Å². The minimum atomic E-state index is -0.465. The number of carbonyl (C=O) groups is 1. The highest BCUT2D eigenvalue weighted by molar-refractivity contribution is 7.85. The Balaban J connectivity index is 2.52. The minimum Gasteiger partial charge on any atom is -0.444 e. The third-order valence-electron chi connectivity index (χ3n) is 2.66. The highest BCUT2D eigenvalue weighted by atomic mass is 32.1. The fraction of sp³-hybridized carbons (Fsp3) is 0.833. The SMILES string of the molecule is CC(C)(C)OC(=O)N[C@@H]1CCCC[C@H]1[N+]#CS. The summed E-state index contributed by atoms with van der Waals surface area (Å²) in [4.78, 5) is 15.8. The van der Waals surface area contributed by atoms with E-state index in [-0.39, 0.29) is 18.2 Å². The number of rotatable bonds is 1. The van der Waals surface area contributed by atoms with Crippen LogP contribution in [0, 0.1) is 5.40 Å². The lowest BCUT2D eigenvalue weighted by atomic mass is 9.91. The van der Waals surface area contributed by atoms with Crippen molar-refractivity contribution in [2.75, 3.05) is 0 Å². The maximum absolute atomic E-state index is 11.7. The number of carbonyl (C=O) groups excluding carboxylic acids is 1. The lowest BCUT2D eigenvalue weighted by molar-refractivity contribution is 0.0491. The van der Waals surface area contributed by atoms with E-state index < -0.39 is 5.60 Å². The fourth-order valence-electron chi connectivity index (χ4n) is 1.97. The number of alkyl carbamates (subject to hydrolysis) is 1. The second kappa shape index (κ2) is 6.15. The molecular weight excluding hydrogens is 236 g/mol. The Hall–Kier alpha value is -0.890. The predicted molar refractivity (Wildman–Crippen MR) is 71.6 cm³/mol. The average molecular weight is 257 g/mol. The van der Waals surface area contributed by atoms with Crippen LogP contribution in [-0.2, 0) is 4.74 Å². The third-order valence-corrected chi connectivity index (χ3v) is 2.77. The van der Waals surface area contributed by atoms with Gasteiger partial charge in [0.15, 0.2) is 0 Å². The van der Waals surface area contributed by atoms with Gasteiger partial charge < -0.3 is 10.1 Å². The Kier molecular flexibility index (Phi) is 5.13. The number of nitrogens with one attached hydrogen (secondary N) is 1. The zero-order valence-corrected chi connectivity index (χ0v) is 11.6. The van der Waals surface area contributed by atoms with Crippen LogP contribution in [0.4, 0.5) is 4.79 Å². The highest BCUT2D eigenvalue weighted by Crippen LogP contribution is 2.22. The van der Waals surface area contributed by atoms with Crippen molar-refractivity contribution in [3.05, 3.63) is 4.85 Å². The molecule has 0 bridgehead atoms. The van der Waals surface area contributed by atoms with Gasteiger partial charge in [-0.2, -0.15) is 0 Å². The molecule has 1 amide bonds. The fourth-order valence-corrected chi connectivity index (χ4v) is 2.12. The van der Waals surface area contributed by atoms with Crippen LogP contribution in [0.5, 0.6) is 0 Å². The standard InChI is InChI=1S/C12H20N2O2S/c1-12(2,3)16-11(15)14-10-7-5-4-6-9(10)13-8-17/h9-10H,4-7H2,1-3H3,(H,14,15)/p+1/t9-,10-/m1/s1. The van der Waals surface area contributed by atoms with Crippen molar-refractivity contribution in [1.82, 2.24) is 5.32 Å². The zero-order valence-electron chi connectivity index (χ0n) is 10.7. The molecule has 2 atom stereocenters. The van der Waals surface area contributed by atoms with Crippen LogP contribution >= 0.6 is 12.6 Å². The number of thiol groups is 1. The molecule has 0 unspecified atom stereocenters. The molecule has 0 saturated heterocycles. The molecule has 0 aliphatic heterocycles. The second-order valence-corrected chi connectivity index (χ2v) is 5.53. The largest absolute Gasteiger partial charge is 0.444 e. The van der Waals surface area contributed by atoms with Crippen LogP contribution in [0.3, 0.4) is 0 Å². The van der Waals surface area contributed by atoms with Crippen LogP contribution in [0.15, 0.2) is 0 Å².